The molecule has 1 aromatic heterocycles. The van der Waals surface area contributed by atoms with Crippen molar-refractivity contribution in [1.82, 2.24) is 25.6 Å². The summed E-state index contributed by atoms with van der Waals surface area (Å²) < 4.78 is 17.6. The number of carbonyl (C=O) groups excluding carboxylic acids is 3. The maximum atomic E-state index is 14.3. The monoisotopic (exact) mass is 699 g/mol. The fourth-order valence-electron chi connectivity index (χ4n) is 6.68. The lowest BCUT2D eigenvalue weighted by Crippen LogP contribution is -2.58. The third-order valence-corrected chi connectivity index (χ3v) is 9.37. The van der Waals surface area contributed by atoms with Gasteiger partial charge in [0, 0.05) is 42.0 Å². The van der Waals surface area contributed by atoms with Crippen LogP contribution in [0, 0.1) is 5.92 Å². The van der Waals surface area contributed by atoms with E-state index in [1.807, 2.05) is 60.7 Å². The van der Waals surface area contributed by atoms with Crippen molar-refractivity contribution in [2.75, 3.05) is 20.2 Å². The molecule has 3 aromatic rings. The van der Waals surface area contributed by atoms with Crippen LogP contribution in [0.15, 0.2) is 66.7 Å². The van der Waals surface area contributed by atoms with E-state index < -0.39 is 47.3 Å². The zero-order chi connectivity index (χ0) is 36.3. The summed E-state index contributed by atoms with van der Waals surface area (Å²) in [6.07, 6.45) is 5.55. The van der Waals surface area contributed by atoms with E-state index in [1.54, 1.807) is 33.9 Å². The molecule has 51 heavy (non-hydrogen) atoms. The van der Waals surface area contributed by atoms with E-state index in [4.69, 9.17) is 19.2 Å². The van der Waals surface area contributed by atoms with Gasteiger partial charge in [-0.2, -0.15) is 0 Å². The van der Waals surface area contributed by atoms with Crippen molar-refractivity contribution in [3.8, 4) is 22.8 Å². The third-order valence-electron chi connectivity index (χ3n) is 9.37. The molecule has 1 saturated carbocycles. The predicted molar refractivity (Wildman–Crippen MR) is 189 cm³/mol. The molecule has 4 unspecified atom stereocenters. The molecule has 0 spiro atoms. The molecule has 2 fully saturated rings. The Morgan fingerprint density at radius 3 is 2.57 bits per heavy atom. The van der Waals surface area contributed by atoms with Crippen LogP contribution in [0.4, 0.5) is 9.59 Å². The molecule has 3 heterocycles. The van der Waals surface area contributed by atoms with E-state index in [-0.39, 0.29) is 31.8 Å². The molecule has 0 radical (unpaired) electrons. The molecular formula is C38H45N5O8. The molecule has 3 N–H and O–H groups in total. The Bertz CT molecular complexity index is 1830. The highest BCUT2D eigenvalue weighted by atomic mass is 16.6. The maximum Gasteiger partial charge on any atom is 0.426 e. The van der Waals surface area contributed by atoms with Gasteiger partial charge in [0.2, 0.25) is 5.91 Å². The van der Waals surface area contributed by atoms with E-state index in [0.29, 0.717) is 34.5 Å². The second-order valence-corrected chi connectivity index (χ2v) is 14.3. The fourth-order valence-corrected chi connectivity index (χ4v) is 6.68. The van der Waals surface area contributed by atoms with Crippen LogP contribution in [-0.2, 0) is 14.3 Å². The van der Waals surface area contributed by atoms with Gasteiger partial charge in [0.15, 0.2) is 0 Å². The molecule has 270 valence electrons. The first-order valence-electron chi connectivity index (χ1n) is 17.4. The SMILES string of the molecule is COc1ccc2c(OC3CC4C(=O)NC5(C(=O)O)CC5/C=C\CCCCCN(NC(=O)OC(C)(C)C)C(=O)N4C3)cc(-c3ccccc3)nc2c1. The van der Waals surface area contributed by atoms with Crippen molar-refractivity contribution in [2.45, 2.75) is 82.6 Å². The summed E-state index contributed by atoms with van der Waals surface area (Å²) in [6.45, 7) is 5.34. The van der Waals surface area contributed by atoms with E-state index >= 15 is 0 Å². The summed E-state index contributed by atoms with van der Waals surface area (Å²) in [5, 5.41) is 14.9. The van der Waals surface area contributed by atoms with Crippen LogP contribution < -0.4 is 20.2 Å². The average molecular weight is 700 g/mol. The lowest BCUT2D eigenvalue weighted by atomic mass is 10.1. The van der Waals surface area contributed by atoms with Crippen LogP contribution in [-0.4, -0.2) is 87.5 Å². The number of carbonyl (C=O) groups is 4. The number of aromatic nitrogens is 1. The van der Waals surface area contributed by atoms with Crippen LogP contribution >= 0.6 is 0 Å². The van der Waals surface area contributed by atoms with Gasteiger partial charge < -0.3 is 29.5 Å². The Balaban J connectivity index is 1.34. The lowest BCUT2D eigenvalue weighted by molar-refractivity contribution is -0.144. The maximum absolute atomic E-state index is 14.3. The van der Waals surface area contributed by atoms with E-state index in [1.165, 1.54) is 9.91 Å². The number of fused-ring (bicyclic) bond motifs is 3. The van der Waals surface area contributed by atoms with Crippen LogP contribution in [0.5, 0.6) is 11.5 Å². The van der Waals surface area contributed by atoms with Gasteiger partial charge in [0.05, 0.1) is 24.9 Å². The number of rotatable bonds is 6. The normalized spacial score (nSPS) is 24.7. The molecule has 2 aliphatic heterocycles. The zero-order valence-corrected chi connectivity index (χ0v) is 29.4. The standard InChI is InChI=1S/C38H45N5O8/c1-37(2,3)51-35(47)41-43-18-12-7-5-6-11-15-25-22-38(25,34(45)46)40-33(44)31-20-27(23-42(31)36(43)48)50-32-21-29(24-13-9-8-10-14-24)39-30-19-26(49-4)16-17-28(30)32/h8-11,13-17,19,21,25,27,31H,5-7,12,18,20,22-23H2,1-4H3,(H,40,44)(H,41,47)(H,45,46)/b15-11-. The highest BCUT2D eigenvalue weighted by Gasteiger charge is 2.61. The molecule has 3 aliphatic rings. The number of hydrogen-bond acceptors (Lipinski definition) is 8. The lowest BCUT2D eigenvalue weighted by Gasteiger charge is -2.32. The van der Waals surface area contributed by atoms with Crippen LogP contribution in [0.2, 0.25) is 0 Å². The average Bonchev–Trinajstić information content (AvgIpc) is 3.63. The Morgan fingerprint density at radius 1 is 1.06 bits per heavy atom. The van der Waals surface area contributed by atoms with E-state index in [0.717, 1.165) is 24.8 Å². The van der Waals surface area contributed by atoms with Gasteiger partial charge >= 0.3 is 18.1 Å². The van der Waals surface area contributed by atoms with Crippen molar-refractivity contribution in [2.24, 2.45) is 5.92 Å². The molecular weight excluding hydrogens is 654 g/mol. The number of urea groups is 1. The third kappa shape index (κ3) is 8.03. The highest BCUT2D eigenvalue weighted by Crippen LogP contribution is 2.45. The molecule has 6 rings (SSSR count). The molecule has 13 nitrogen and oxygen atoms in total. The van der Waals surface area contributed by atoms with Crippen molar-refractivity contribution in [3.63, 3.8) is 0 Å². The Hall–Kier alpha value is -5.33. The van der Waals surface area contributed by atoms with Crippen molar-refractivity contribution < 1.29 is 38.5 Å². The molecule has 1 saturated heterocycles. The van der Waals surface area contributed by atoms with E-state index in [9.17, 15) is 24.3 Å². The van der Waals surface area contributed by atoms with Gasteiger partial charge in [0.1, 0.15) is 34.8 Å². The minimum absolute atomic E-state index is 0.00649. The Morgan fingerprint density at radius 2 is 1.84 bits per heavy atom. The van der Waals surface area contributed by atoms with Crippen molar-refractivity contribution in [3.05, 3.63) is 66.7 Å². The van der Waals surface area contributed by atoms with Gasteiger partial charge in [0.25, 0.3) is 0 Å². The number of ether oxygens (including phenoxy) is 3. The van der Waals surface area contributed by atoms with Crippen LogP contribution in [0.3, 0.4) is 0 Å². The number of carboxylic acid groups (broad SMARTS) is 1. The summed E-state index contributed by atoms with van der Waals surface area (Å²) in [5.74, 6) is -0.963. The number of amides is 4. The number of hydrazine groups is 1. The molecule has 1 aliphatic carbocycles. The summed E-state index contributed by atoms with van der Waals surface area (Å²) in [4.78, 5) is 60.0. The van der Waals surface area contributed by atoms with Crippen LogP contribution in [0.25, 0.3) is 22.2 Å². The van der Waals surface area contributed by atoms with Crippen molar-refractivity contribution in [1.29, 1.82) is 0 Å². The smallest absolute Gasteiger partial charge is 0.426 e. The first-order valence-corrected chi connectivity index (χ1v) is 17.4. The number of nitrogens with zero attached hydrogens (tertiary/aromatic N) is 3. The number of pyridine rings is 1. The van der Waals surface area contributed by atoms with Gasteiger partial charge in [-0.1, -0.05) is 48.9 Å². The minimum atomic E-state index is -1.46. The first kappa shape index (κ1) is 35.5. The molecule has 4 amide bonds. The number of hydrogen-bond donors (Lipinski definition) is 3. The fraction of sp³-hybridized carbons (Fsp3) is 0.447. The summed E-state index contributed by atoms with van der Waals surface area (Å²) in [7, 11) is 1.58. The van der Waals surface area contributed by atoms with Crippen molar-refractivity contribution >= 4 is 34.9 Å². The zero-order valence-electron chi connectivity index (χ0n) is 29.4. The second kappa shape index (κ2) is 14.5. The Labute approximate surface area is 296 Å². The van der Waals surface area contributed by atoms with Gasteiger partial charge in [-0.05, 0) is 58.6 Å². The highest BCUT2D eigenvalue weighted by molar-refractivity contribution is 5.95. The quantitative estimate of drug-likeness (QED) is 0.275. The van der Waals surface area contributed by atoms with Crippen LogP contribution in [0.1, 0.15) is 59.3 Å². The number of aliphatic carboxylic acids is 1. The van der Waals surface area contributed by atoms with Gasteiger partial charge in [-0.15, -0.1) is 0 Å². The number of carboxylic acids is 1. The predicted octanol–water partition coefficient (Wildman–Crippen LogP) is 5.68. The number of methoxy groups -OCH3 is 1. The summed E-state index contributed by atoms with van der Waals surface area (Å²) >= 11 is 0. The first-order chi connectivity index (χ1) is 24.4. The van der Waals surface area contributed by atoms with Gasteiger partial charge in [-0.3, -0.25) is 4.79 Å². The summed E-state index contributed by atoms with van der Waals surface area (Å²) in [6, 6.07) is 15.2. The molecule has 0 bridgehead atoms. The molecule has 13 heteroatoms. The molecule has 2 aromatic carbocycles. The number of nitrogens with one attached hydrogen (secondary N) is 2. The van der Waals surface area contributed by atoms with Gasteiger partial charge in [-0.25, -0.2) is 29.8 Å². The Kier molecular flexibility index (Phi) is 10.1. The summed E-state index contributed by atoms with van der Waals surface area (Å²) in [5.41, 5.74) is 2.50. The number of allylic oxidation sites excluding steroid dienone is 1. The molecule has 4 atom stereocenters. The topological polar surface area (TPSA) is 160 Å². The largest absolute Gasteiger partial charge is 0.497 e. The number of benzene rings is 2. The second-order valence-electron chi connectivity index (χ2n) is 14.3. The minimum Gasteiger partial charge on any atom is -0.497 e. The van der Waals surface area contributed by atoms with E-state index in [2.05, 4.69) is 10.7 Å².